The molecule has 64 heavy (non-hydrogen) atoms. The number of halogens is 30. The maximum Gasteiger partial charge on any atom is 0.460 e. The average molecular weight is 1060 g/mol. The van der Waals surface area contributed by atoms with E-state index in [9.17, 15) is 114 Å². The molecule has 34 heteroatoms. The van der Waals surface area contributed by atoms with Crippen LogP contribution in [0, 0.1) is 0 Å². The molecule has 358 valence electrons. The molecule has 0 radical (unpaired) electrons. The smallest absolute Gasteiger partial charge is 0.196 e. The topological polar surface area (TPSA) is 0 Å². The molecule has 0 saturated heterocycles. The predicted octanol–water partition coefficient (Wildman–Crippen LogP) is 16.2. The maximum absolute atomic E-state index is 15.5. The van der Waals surface area contributed by atoms with Gasteiger partial charge in [0.25, 0.3) is 0 Å². The summed E-state index contributed by atoms with van der Waals surface area (Å²) in [6, 6.07) is -0.823. The number of hydrogen-bond acceptors (Lipinski definition) is 4. The fourth-order valence-electron chi connectivity index (χ4n) is 5.86. The molecule has 2 aliphatic rings. The second kappa shape index (κ2) is 13.2. The van der Waals surface area contributed by atoms with Crippen LogP contribution in [-0.2, 0) is 23.7 Å². The van der Waals surface area contributed by atoms with Crippen molar-refractivity contribution in [1.82, 2.24) is 0 Å². The molecule has 0 N–H and O–H groups in total. The van der Waals surface area contributed by atoms with Crippen molar-refractivity contribution < 1.29 is 132 Å². The van der Waals surface area contributed by atoms with Gasteiger partial charge in [0.1, 0.15) is 0 Å². The fourth-order valence-corrected chi connectivity index (χ4v) is 11.0. The zero-order valence-electron chi connectivity index (χ0n) is 28.3. The van der Waals surface area contributed by atoms with E-state index >= 15 is 17.6 Å². The van der Waals surface area contributed by atoms with Crippen LogP contribution >= 0.6 is 45.3 Å². The number of alkyl halides is 30. The lowest BCUT2D eigenvalue weighted by molar-refractivity contribution is -0.441. The summed E-state index contributed by atoms with van der Waals surface area (Å²) in [7, 11) is 0. The van der Waals surface area contributed by atoms with Gasteiger partial charge in [0.05, 0.1) is 29.3 Å². The number of rotatable bonds is 11. The van der Waals surface area contributed by atoms with E-state index in [0.717, 1.165) is 0 Å². The van der Waals surface area contributed by atoms with E-state index in [0.29, 0.717) is 12.1 Å². The first-order chi connectivity index (χ1) is 28.1. The van der Waals surface area contributed by atoms with E-state index in [1.54, 1.807) is 0 Å². The molecule has 2 aliphatic carbocycles. The molecule has 0 atom stereocenters. The Morgan fingerprint density at radius 3 is 0.750 bits per heavy atom. The molecule has 4 aromatic rings. The summed E-state index contributed by atoms with van der Waals surface area (Å²) in [6.07, 6.45) is -15.5. The van der Waals surface area contributed by atoms with Gasteiger partial charge in [-0.25, -0.2) is 0 Å². The largest absolute Gasteiger partial charge is 0.460 e. The first-order valence-corrected chi connectivity index (χ1v) is 18.6. The third kappa shape index (κ3) is 5.85. The van der Waals surface area contributed by atoms with Gasteiger partial charge in [0, 0.05) is 32.0 Å². The molecule has 0 unspecified atom stereocenters. The van der Waals surface area contributed by atoms with Gasteiger partial charge in [-0.2, -0.15) is 132 Å². The lowest BCUT2D eigenvalue weighted by Crippen LogP contribution is -2.69. The summed E-state index contributed by atoms with van der Waals surface area (Å²) in [5.41, 5.74) is -6.39. The second-order valence-corrected chi connectivity index (χ2v) is 17.5. The minimum absolute atomic E-state index is 0.113. The molecule has 0 aromatic carbocycles. The molecule has 0 spiro atoms. The van der Waals surface area contributed by atoms with Gasteiger partial charge in [-0.3, -0.25) is 0 Å². The third-order valence-electron chi connectivity index (χ3n) is 9.42. The van der Waals surface area contributed by atoms with E-state index in [1.165, 1.54) is 0 Å². The van der Waals surface area contributed by atoms with Gasteiger partial charge in [0.15, 0.2) is 0 Å². The van der Waals surface area contributed by atoms with Crippen LogP contribution in [0.3, 0.4) is 0 Å². The molecule has 0 nitrogen and oxygen atoms in total. The molecular weight excluding hydrogens is 1060 g/mol. The molecule has 0 amide bonds. The fraction of sp³-hybridized carbons (Fsp3) is 0.467. The van der Waals surface area contributed by atoms with E-state index in [4.69, 9.17) is 0 Å². The van der Waals surface area contributed by atoms with Gasteiger partial charge < -0.3 is 0 Å². The second-order valence-electron chi connectivity index (χ2n) is 13.3. The van der Waals surface area contributed by atoms with Crippen molar-refractivity contribution in [2.75, 3.05) is 0 Å². The zero-order chi connectivity index (χ0) is 49.6. The van der Waals surface area contributed by atoms with Crippen LogP contribution in [-0.4, -0.2) is 59.7 Å². The third-order valence-corrected chi connectivity index (χ3v) is 14.6. The summed E-state index contributed by atoms with van der Waals surface area (Å²) in [5.74, 6) is -88.8. The van der Waals surface area contributed by atoms with Crippen molar-refractivity contribution >= 4 is 45.3 Å². The van der Waals surface area contributed by atoms with Gasteiger partial charge in [-0.1, -0.05) is 0 Å². The Labute approximate surface area is 345 Å². The molecule has 0 fully saturated rings. The maximum atomic E-state index is 15.5. The van der Waals surface area contributed by atoms with Crippen molar-refractivity contribution in [3.8, 4) is 29.3 Å². The van der Waals surface area contributed by atoms with Crippen LogP contribution in [0.1, 0.15) is 32.0 Å². The lowest BCUT2D eigenvalue weighted by atomic mass is 9.93. The van der Waals surface area contributed by atoms with E-state index < -0.39 is 180 Å². The van der Waals surface area contributed by atoms with Crippen LogP contribution in [0.2, 0.25) is 0 Å². The molecule has 4 heterocycles. The van der Waals surface area contributed by atoms with E-state index in [2.05, 4.69) is 0 Å². The van der Waals surface area contributed by atoms with Crippen molar-refractivity contribution in [1.29, 1.82) is 0 Å². The van der Waals surface area contributed by atoms with Crippen molar-refractivity contribution in [2.24, 2.45) is 0 Å². The highest BCUT2D eigenvalue weighted by Crippen LogP contribution is 2.68. The van der Waals surface area contributed by atoms with Crippen molar-refractivity contribution in [2.45, 2.75) is 83.4 Å². The monoisotopic (exact) mass is 1060 g/mol. The highest BCUT2D eigenvalue weighted by atomic mass is 32.1. The first kappa shape index (κ1) is 50.1. The standard InChI is InChI=1S/C30H4F30S4/c31-17(32)5-1-9(61-13(5)15-7(17)3-11(63-15)19(35,36)21(39,40)23(43,44)25(47,48)27(51,52)29(55,56)57)10-2-6-14(62-10)16-8(18(6,33)34)4-12(64-16)20(37,38)22(41,42)24(45,46)26(49,50)28(53,54)30(58,59)60/h1-4H. The normalized spacial score (nSPS) is 17.8. The minimum atomic E-state index is -8.34. The Bertz CT molecular complexity index is 2340. The first-order valence-electron chi connectivity index (χ1n) is 15.4. The van der Waals surface area contributed by atoms with Crippen molar-refractivity contribution in [3.05, 3.63) is 56.3 Å². The molecule has 6 rings (SSSR count). The molecule has 4 aromatic heterocycles. The van der Waals surface area contributed by atoms with Crippen LogP contribution < -0.4 is 0 Å². The summed E-state index contributed by atoms with van der Waals surface area (Å²) in [5, 5.41) is 0. The highest BCUT2D eigenvalue weighted by molar-refractivity contribution is 7.29. The molecule has 0 aliphatic heterocycles. The lowest BCUT2D eigenvalue weighted by Gasteiger charge is -2.39. The average Bonchev–Trinajstić information content (AvgIpc) is 3.95. The summed E-state index contributed by atoms with van der Waals surface area (Å²) >= 11 is -2.34. The van der Waals surface area contributed by atoms with Crippen LogP contribution in [0.25, 0.3) is 29.3 Å². The minimum Gasteiger partial charge on any atom is -0.196 e. The Morgan fingerprint density at radius 1 is 0.281 bits per heavy atom. The molecule has 0 bridgehead atoms. The van der Waals surface area contributed by atoms with Crippen molar-refractivity contribution in [3.63, 3.8) is 0 Å². The van der Waals surface area contributed by atoms with Gasteiger partial charge in [0.2, 0.25) is 0 Å². The summed E-state index contributed by atoms with van der Waals surface area (Å²) < 4.78 is 419. The van der Waals surface area contributed by atoms with Crippen LogP contribution in [0.4, 0.5) is 132 Å². The zero-order valence-corrected chi connectivity index (χ0v) is 31.5. The molecule has 0 saturated carbocycles. The summed E-state index contributed by atoms with van der Waals surface area (Å²) in [6.45, 7) is 0. The Balaban J connectivity index is 1.37. The Morgan fingerprint density at radius 2 is 0.500 bits per heavy atom. The van der Waals surface area contributed by atoms with Gasteiger partial charge in [-0.05, 0) is 24.3 Å². The van der Waals surface area contributed by atoms with E-state index in [-0.39, 0.29) is 22.7 Å². The highest BCUT2D eigenvalue weighted by Gasteiger charge is 2.92. The van der Waals surface area contributed by atoms with Gasteiger partial charge in [-0.15, -0.1) is 45.3 Å². The Hall–Kier alpha value is -3.30. The molecular formula is C30H4F30S4. The Kier molecular flexibility index (Phi) is 10.4. The quantitative estimate of drug-likeness (QED) is 0.131. The number of thiophene rings is 4. The predicted molar refractivity (Wildman–Crippen MR) is 160 cm³/mol. The van der Waals surface area contributed by atoms with Crippen LogP contribution in [0.5, 0.6) is 0 Å². The summed E-state index contributed by atoms with van der Waals surface area (Å²) in [4.78, 5) is -11.8. The number of fused-ring (bicyclic) bond motifs is 6. The van der Waals surface area contributed by atoms with E-state index in [1.807, 2.05) is 0 Å². The number of hydrogen-bond donors (Lipinski definition) is 0. The van der Waals surface area contributed by atoms with Gasteiger partial charge >= 0.3 is 83.4 Å². The van der Waals surface area contributed by atoms with Crippen LogP contribution in [0.15, 0.2) is 24.3 Å². The SMILES string of the molecule is FC1(F)c2cc(-c3cc4c(s3)-c3sc(C(F)(F)C(F)(F)C(F)(F)C(F)(F)C(F)(F)C(F)(F)F)cc3C4(F)F)sc2-c2sc(C(F)(F)C(F)(F)C(F)(F)C(F)(F)C(F)(F)C(F)(F)F)cc21.